The van der Waals surface area contributed by atoms with E-state index in [0.29, 0.717) is 0 Å². The SMILES string of the molecule is C[SiH](C)O[Si](C)(Cl)O[SiH](C)C. The van der Waals surface area contributed by atoms with Crippen LogP contribution in [0.1, 0.15) is 0 Å². The molecule has 0 radical (unpaired) electrons. The molecule has 0 aromatic heterocycles. The van der Waals surface area contributed by atoms with Crippen molar-refractivity contribution in [3.05, 3.63) is 0 Å². The molecule has 0 aromatic rings. The van der Waals surface area contributed by atoms with Crippen molar-refractivity contribution in [2.75, 3.05) is 0 Å². The maximum Gasteiger partial charge on any atom is 0.418 e. The summed E-state index contributed by atoms with van der Waals surface area (Å²) in [5, 5.41) is 0. The fourth-order valence-electron chi connectivity index (χ4n) is 0.870. The Morgan fingerprint density at radius 3 is 1.45 bits per heavy atom. The van der Waals surface area contributed by atoms with E-state index in [1.807, 2.05) is 6.55 Å². The minimum absolute atomic E-state index is 1.03. The minimum Gasteiger partial charge on any atom is -0.429 e. The van der Waals surface area contributed by atoms with Gasteiger partial charge >= 0.3 is 7.87 Å². The molecule has 0 saturated heterocycles. The first-order valence-electron chi connectivity index (χ1n) is 3.88. The van der Waals surface area contributed by atoms with E-state index < -0.39 is 26.0 Å². The van der Waals surface area contributed by atoms with Crippen molar-refractivity contribution in [2.24, 2.45) is 0 Å². The molecule has 0 aliphatic carbocycles. The summed E-state index contributed by atoms with van der Waals surface area (Å²) < 4.78 is 11.2. The topological polar surface area (TPSA) is 18.5 Å². The van der Waals surface area contributed by atoms with Crippen LogP contribution in [0.5, 0.6) is 0 Å². The smallest absolute Gasteiger partial charge is 0.418 e. The molecule has 6 heteroatoms. The summed E-state index contributed by atoms with van der Waals surface area (Å²) in [7, 11) is -4.29. The van der Waals surface area contributed by atoms with Gasteiger partial charge in [0.05, 0.1) is 0 Å². The molecule has 0 aromatic carbocycles. The second-order valence-corrected chi connectivity index (χ2v) is 13.0. The second kappa shape index (κ2) is 4.78. The number of halogens is 1. The Labute approximate surface area is 78.3 Å². The van der Waals surface area contributed by atoms with E-state index in [1.54, 1.807) is 0 Å². The highest BCUT2D eigenvalue weighted by molar-refractivity contribution is 7.15. The Hall–Kier alpha value is 0.861. The van der Waals surface area contributed by atoms with Crippen LogP contribution < -0.4 is 0 Å². The molecule has 0 spiro atoms. The van der Waals surface area contributed by atoms with Gasteiger partial charge < -0.3 is 8.23 Å². The summed E-state index contributed by atoms with van der Waals surface area (Å²) >= 11 is 6.09. The van der Waals surface area contributed by atoms with Gasteiger partial charge in [0.2, 0.25) is 0 Å². The Morgan fingerprint density at radius 2 is 1.27 bits per heavy atom. The number of hydrogen-bond acceptors (Lipinski definition) is 2. The molecule has 0 heterocycles. The zero-order chi connectivity index (χ0) is 9.07. The van der Waals surface area contributed by atoms with Crippen LogP contribution >= 0.6 is 11.1 Å². The molecule has 11 heavy (non-hydrogen) atoms. The molecule has 0 bridgehead atoms. The van der Waals surface area contributed by atoms with E-state index >= 15 is 0 Å². The molecule has 0 aliphatic rings. The van der Waals surface area contributed by atoms with E-state index in [9.17, 15) is 0 Å². The maximum atomic E-state index is 6.09. The molecule has 0 N–H and O–H groups in total. The Morgan fingerprint density at radius 1 is 1.00 bits per heavy atom. The van der Waals surface area contributed by atoms with E-state index in [4.69, 9.17) is 19.3 Å². The number of hydrogen-bond donors (Lipinski definition) is 0. The van der Waals surface area contributed by atoms with Gasteiger partial charge in [0.25, 0.3) is 0 Å². The summed E-state index contributed by atoms with van der Waals surface area (Å²) in [5.74, 6) is 0. The molecule has 0 amide bonds. The monoisotopic (exact) mass is 228 g/mol. The summed E-state index contributed by atoms with van der Waals surface area (Å²) in [5.41, 5.74) is 0. The van der Waals surface area contributed by atoms with E-state index in [-0.39, 0.29) is 0 Å². The van der Waals surface area contributed by atoms with Crippen LogP contribution in [-0.4, -0.2) is 26.0 Å². The highest BCUT2D eigenvalue weighted by Gasteiger charge is 2.30. The minimum atomic E-state index is -2.23. The van der Waals surface area contributed by atoms with Crippen molar-refractivity contribution in [1.29, 1.82) is 0 Å². The van der Waals surface area contributed by atoms with Crippen LogP contribution in [0.4, 0.5) is 0 Å². The highest BCUT2D eigenvalue weighted by Crippen LogP contribution is 2.14. The van der Waals surface area contributed by atoms with Gasteiger partial charge in [-0.15, -0.1) is 11.1 Å². The largest absolute Gasteiger partial charge is 0.429 e. The molecule has 0 saturated carbocycles. The fraction of sp³-hybridized carbons (Fsp3) is 1.00. The first kappa shape index (κ1) is 11.9. The van der Waals surface area contributed by atoms with Gasteiger partial charge in [-0.25, -0.2) is 0 Å². The van der Waals surface area contributed by atoms with Gasteiger partial charge in [-0.1, -0.05) is 0 Å². The van der Waals surface area contributed by atoms with Gasteiger partial charge in [-0.05, 0) is 32.7 Å². The van der Waals surface area contributed by atoms with E-state index in [2.05, 4.69) is 26.2 Å². The maximum absolute atomic E-state index is 6.09. The molecule has 0 unspecified atom stereocenters. The lowest BCUT2D eigenvalue weighted by molar-refractivity contribution is 0.435. The van der Waals surface area contributed by atoms with Gasteiger partial charge in [0.1, 0.15) is 0 Å². The lowest BCUT2D eigenvalue weighted by Crippen LogP contribution is -2.40. The normalized spacial score (nSPS) is 13.1. The van der Waals surface area contributed by atoms with Crippen LogP contribution in [0.25, 0.3) is 0 Å². The summed E-state index contributed by atoms with van der Waals surface area (Å²) in [4.78, 5) is 0. The zero-order valence-corrected chi connectivity index (χ0v) is 11.9. The van der Waals surface area contributed by atoms with Crippen LogP contribution in [0.15, 0.2) is 0 Å². The predicted octanol–water partition coefficient (Wildman–Crippen LogP) is 1.79. The van der Waals surface area contributed by atoms with Gasteiger partial charge in [-0.2, -0.15) is 0 Å². The second-order valence-electron chi connectivity index (χ2n) is 3.17. The first-order chi connectivity index (χ1) is 4.83. The van der Waals surface area contributed by atoms with Gasteiger partial charge in [0, 0.05) is 0 Å². The predicted molar refractivity (Wildman–Crippen MR) is 57.4 cm³/mol. The molecule has 0 aliphatic heterocycles. The average molecular weight is 229 g/mol. The third-order valence-corrected chi connectivity index (χ3v) is 9.64. The molecule has 0 rings (SSSR count). The molecule has 2 nitrogen and oxygen atoms in total. The molecule has 0 fully saturated rings. The van der Waals surface area contributed by atoms with Crippen molar-refractivity contribution in [2.45, 2.75) is 32.7 Å². The van der Waals surface area contributed by atoms with Crippen molar-refractivity contribution in [1.82, 2.24) is 0 Å². The van der Waals surface area contributed by atoms with Crippen molar-refractivity contribution in [3.63, 3.8) is 0 Å². The van der Waals surface area contributed by atoms with E-state index in [0.717, 1.165) is 0 Å². The van der Waals surface area contributed by atoms with Gasteiger partial charge in [0.15, 0.2) is 18.1 Å². The van der Waals surface area contributed by atoms with Crippen LogP contribution in [-0.2, 0) is 8.23 Å². The van der Waals surface area contributed by atoms with Crippen molar-refractivity contribution < 1.29 is 8.23 Å². The van der Waals surface area contributed by atoms with Crippen LogP contribution in [0, 0.1) is 0 Å². The lowest BCUT2D eigenvalue weighted by Gasteiger charge is -2.24. The third kappa shape index (κ3) is 7.23. The molecule has 68 valence electrons. The Bertz CT molecular complexity index is 106. The quantitative estimate of drug-likeness (QED) is 0.540. The fourth-order valence-corrected chi connectivity index (χ4v) is 11.5. The van der Waals surface area contributed by atoms with E-state index in [1.165, 1.54) is 0 Å². The van der Waals surface area contributed by atoms with Crippen molar-refractivity contribution in [3.8, 4) is 0 Å². The average Bonchev–Trinajstić information content (AvgIpc) is 1.53. The van der Waals surface area contributed by atoms with Crippen LogP contribution in [0.3, 0.4) is 0 Å². The summed E-state index contributed by atoms with van der Waals surface area (Å²) in [6, 6.07) is 0. The van der Waals surface area contributed by atoms with Crippen molar-refractivity contribution >= 4 is 37.0 Å². The van der Waals surface area contributed by atoms with Gasteiger partial charge in [-0.3, -0.25) is 0 Å². The Balaban J connectivity index is 3.79. The first-order valence-corrected chi connectivity index (χ1v) is 12.8. The third-order valence-electron chi connectivity index (χ3n) is 0.892. The Kier molecular flexibility index (Phi) is 5.16. The standard InChI is InChI=1S/C5H17ClO2Si3/c1-9(2)7-11(5,6)8-10(3)4/h9-10H,1-5H3. The molecular weight excluding hydrogens is 212 g/mol. The zero-order valence-electron chi connectivity index (χ0n) is 7.85. The summed E-state index contributed by atoms with van der Waals surface area (Å²) in [6.07, 6.45) is 0. The summed E-state index contributed by atoms with van der Waals surface area (Å²) in [6.45, 7) is 10.4. The highest BCUT2D eigenvalue weighted by atomic mass is 35.6. The lowest BCUT2D eigenvalue weighted by atomic mass is 11.9. The van der Waals surface area contributed by atoms with Crippen LogP contribution in [0.2, 0.25) is 32.7 Å². The molecule has 0 atom stereocenters. The number of rotatable bonds is 4. The molecular formula is C5H17ClO2Si3.